The highest BCUT2D eigenvalue weighted by atomic mass is 16.5. The fraction of sp³-hybridized carbons (Fsp3) is 0.389. The van der Waals surface area contributed by atoms with Crippen molar-refractivity contribution in [3.05, 3.63) is 41.6 Å². The number of piperidine rings is 1. The minimum Gasteiger partial charge on any atom is -0.550 e. The molecule has 0 bridgehead atoms. The van der Waals surface area contributed by atoms with Crippen LogP contribution in [0.4, 0.5) is 0 Å². The largest absolute Gasteiger partial charge is 0.550 e. The van der Waals surface area contributed by atoms with Crippen LogP contribution in [0.25, 0.3) is 0 Å². The van der Waals surface area contributed by atoms with Gasteiger partial charge in [-0.15, -0.1) is 0 Å². The minimum atomic E-state index is -1.04. The molecule has 132 valence electrons. The third-order valence-corrected chi connectivity index (χ3v) is 4.15. The molecule has 1 aromatic rings. The second-order valence-electron chi connectivity index (χ2n) is 5.81. The number of carbonyl (C=O) groups is 2. The summed E-state index contributed by atoms with van der Waals surface area (Å²) in [7, 11) is 1.58. The average molecular weight is 342 g/mol. The topological polar surface area (TPSA) is 105 Å². The third kappa shape index (κ3) is 5.24. The average Bonchev–Trinajstić information content (AvgIpc) is 2.64. The molecule has 1 aromatic carbocycles. The number of carboxylic acids is 1. The lowest BCUT2D eigenvalue weighted by molar-refractivity contribution is -0.312. The first kappa shape index (κ1) is 18.3. The molecule has 0 radical (unpaired) electrons. The van der Waals surface area contributed by atoms with Gasteiger partial charge in [0.2, 0.25) is 0 Å². The van der Waals surface area contributed by atoms with Crippen molar-refractivity contribution >= 4 is 11.9 Å². The monoisotopic (exact) mass is 342 g/mol. The fourth-order valence-electron chi connectivity index (χ4n) is 2.61. The van der Waals surface area contributed by atoms with Gasteiger partial charge in [-0.2, -0.15) is 5.26 Å². The van der Waals surface area contributed by atoms with Crippen LogP contribution in [0.1, 0.15) is 18.4 Å². The molecule has 1 aliphatic rings. The molecule has 0 unspecified atom stereocenters. The van der Waals surface area contributed by atoms with Gasteiger partial charge in [0.1, 0.15) is 17.4 Å². The van der Waals surface area contributed by atoms with Crippen molar-refractivity contribution < 1.29 is 19.4 Å². The van der Waals surface area contributed by atoms with Gasteiger partial charge >= 0.3 is 0 Å². The summed E-state index contributed by atoms with van der Waals surface area (Å²) in [6.45, 7) is 1.26. The lowest BCUT2D eigenvalue weighted by Gasteiger charge is -2.31. The normalized spacial score (nSPS) is 15.4. The van der Waals surface area contributed by atoms with E-state index in [0.717, 1.165) is 11.3 Å². The summed E-state index contributed by atoms with van der Waals surface area (Å²) < 4.78 is 5.07. The van der Waals surface area contributed by atoms with Crippen LogP contribution in [0.3, 0.4) is 0 Å². The van der Waals surface area contributed by atoms with Gasteiger partial charge in [0.15, 0.2) is 0 Å². The van der Waals surface area contributed by atoms with Crippen LogP contribution in [-0.2, 0) is 16.1 Å². The van der Waals surface area contributed by atoms with Gasteiger partial charge in [-0.25, -0.2) is 0 Å². The molecular formula is C18H20N3O4-. The molecule has 0 aliphatic carbocycles. The van der Waals surface area contributed by atoms with E-state index in [1.54, 1.807) is 24.1 Å². The van der Waals surface area contributed by atoms with Crippen molar-refractivity contribution in [3.8, 4) is 11.8 Å². The molecule has 1 aliphatic heterocycles. The quantitative estimate of drug-likeness (QED) is 0.584. The lowest BCUT2D eigenvalue weighted by Crippen LogP contribution is -2.39. The highest BCUT2D eigenvalue weighted by Crippen LogP contribution is 2.17. The van der Waals surface area contributed by atoms with E-state index in [1.165, 1.54) is 6.20 Å². The summed E-state index contributed by atoms with van der Waals surface area (Å²) >= 11 is 0. The number of hydrogen-bond donors (Lipinski definition) is 1. The summed E-state index contributed by atoms with van der Waals surface area (Å²) in [4.78, 5) is 24.8. The number of hydrogen-bond acceptors (Lipinski definition) is 6. The summed E-state index contributed by atoms with van der Waals surface area (Å²) in [6, 6.07) is 9.15. The number of carbonyl (C=O) groups excluding carboxylic acids is 2. The number of ether oxygens (including phenoxy) is 1. The molecule has 0 aromatic heterocycles. The number of methoxy groups -OCH3 is 1. The Kier molecular flexibility index (Phi) is 6.40. The molecule has 0 spiro atoms. The molecule has 1 heterocycles. The summed E-state index contributed by atoms with van der Waals surface area (Å²) in [5, 5.41) is 22.7. The van der Waals surface area contributed by atoms with Crippen LogP contribution in [0.5, 0.6) is 5.75 Å². The van der Waals surface area contributed by atoms with E-state index in [1.807, 2.05) is 18.2 Å². The van der Waals surface area contributed by atoms with Gasteiger partial charge in [-0.3, -0.25) is 4.79 Å². The molecule has 1 N–H and O–H groups in total. The van der Waals surface area contributed by atoms with Crippen molar-refractivity contribution in [1.29, 1.82) is 5.26 Å². The smallest absolute Gasteiger partial charge is 0.263 e. The molecular weight excluding hydrogens is 322 g/mol. The molecule has 1 fully saturated rings. The van der Waals surface area contributed by atoms with E-state index < -0.39 is 17.8 Å². The number of nitriles is 1. The predicted molar refractivity (Wildman–Crippen MR) is 87.8 cm³/mol. The maximum Gasteiger partial charge on any atom is 0.263 e. The number of carboxylic acid groups (broad SMARTS) is 1. The number of benzene rings is 1. The van der Waals surface area contributed by atoms with E-state index in [0.29, 0.717) is 32.5 Å². The van der Waals surface area contributed by atoms with Crippen LogP contribution < -0.4 is 15.2 Å². The minimum absolute atomic E-state index is 0.000381. The Morgan fingerprint density at radius 3 is 2.52 bits per heavy atom. The van der Waals surface area contributed by atoms with Gasteiger partial charge in [-0.05, 0) is 30.5 Å². The molecule has 1 amide bonds. The maximum atomic E-state index is 12.2. The standard InChI is InChI=1S/C18H21N3O4/c1-25-16-4-2-13(3-5-16)11-20-17(22)15(10-19)12-21-8-6-14(7-9-21)18(23)24/h2-5,12,14H,6-9,11H2,1H3,(H,20,22)(H,23,24)/p-1. The second kappa shape index (κ2) is 8.73. The van der Waals surface area contributed by atoms with Crippen molar-refractivity contribution in [2.75, 3.05) is 20.2 Å². The molecule has 7 heteroatoms. The Morgan fingerprint density at radius 1 is 1.36 bits per heavy atom. The SMILES string of the molecule is COc1ccc(CNC(=O)C(C#N)=CN2CCC(C(=O)[O-])CC2)cc1. The Labute approximate surface area is 146 Å². The Morgan fingerprint density at radius 2 is 2.00 bits per heavy atom. The van der Waals surface area contributed by atoms with Gasteiger partial charge in [0.25, 0.3) is 5.91 Å². The van der Waals surface area contributed by atoms with Gasteiger partial charge < -0.3 is 24.9 Å². The summed E-state index contributed by atoms with van der Waals surface area (Å²) in [5.41, 5.74) is 0.890. The number of nitrogens with zero attached hydrogens (tertiary/aromatic N) is 2. The zero-order valence-corrected chi connectivity index (χ0v) is 14.0. The molecule has 0 atom stereocenters. The van der Waals surface area contributed by atoms with E-state index in [4.69, 9.17) is 4.74 Å². The van der Waals surface area contributed by atoms with E-state index in [2.05, 4.69) is 5.32 Å². The van der Waals surface area contributed by atoms with Crippen molar-refractivity contribution in [2.24, 2.45) is 5.92 Å². The van der Waals surface area contributed by atoms with Crippen molar-refractivity contribution in [1.82, 2.24) is 10.2 Å². The molecule has 2 rings (SSSR count). The molecule has 0 saturated carbocycles. The Bertz CT molecular complexity index is 683. The third-order valence-electron chi connectivity index (χ3n) is 4.15. The lowest BCUT2D eigenvalue weighted by atomic mass is 9.97. The number of amides is 1. The first-order chi connectivity index (χ1) is 12.0. The van der Waals surface area contributed by atoms with Crippen molar-refractivity contribution in [2.45, 2.75) is 19.4 Å². The van der Waals surface area contributed by atoms with Crippen LogP contribution in [0.2, 0.25) is 0 Å². The number of rotatable bonds is 6. The van der Waals surface area contributed by atoms with Gasteiger partial charge in [0, 0.05) is 37.7 Å². The predicted octanol–water partition coefficient (Wildman–Crippen LogP) is 0.181. The van der Waals surface area contributed by atoms with E-state index in [-0.39, 0.29) is 5.57 Å². The fourth-order valence-corrected chi connectivity index (χ4v) is 2.61. The molecule has 7 nitrogen and oxygen atoms in total. The first-order valence-electron chi connectivity index (χ1n) is 8.01. The second-order valence-corrected chi connectivity index (χ2v) is 5.81. The Balaban J connectivity index is 1.89. The van der Waals surface area contributed by atoms with Gasteiger partial charge in [0.05, 0.1) is 7.11 Å². The van der Waals surface area contributed by atoms with Crippen molar-refractivity contribution in [3.63, 3.8) is 0 Å². The first-order valence-corrected chi connectivity index (χ1v) is 8.01. The highest BCUT2D eigenvalue weighted by Gasteiger charge is 2.19. The van der Waals surface area contributed by atoms with E-state index >= 15 is 0 Å². The highest BCUT2D eigenvalue weighted by molar-refractivity contribution is 5.97. The Hall–Kier alpha value is -3.01. The summed E-state index contributed by atoms with van der Waals surface area (Å²) in [6.07, 6.45) is 2.39. The van der Waals surface area contributed by atoms with E-state index in [9.17, 15) is 20.0 Å². The zero-order valence-electron chi connectivity index (χ0n) is 14.0. The van der Waals surface area contributed by atoms with Gasteiger partial charge in [-0.1, -0.05) is 12.1 Å². The zero-order chi connectivity index (χ0) is 18.2. The molecule has 25 heavy (non-hydrogen) atoms. The summed E-state index contributed by atoms with van der Waals surface area (Å²) in [5.74, 6) is -1.23. The number of aliphatic carboxylic acids is 1. The van der Waals surface area contributed by atoms with Crippen LogP contribution in [-0.4, -0.2) is 37.0 Å². The van der Waals surface area contributed by atoms with Crippen LogP contribution in [0.15, 0.2) is 36.0 Å². The van der Waals surface area contributed by atoms with Crippen LogP contribution >= 0.6 is 0 Å². The number of nitrogens with one attached hydrogen (secondary N) is 1. The molecule has 1 saturated heterocycles. The maximum absolute atomic E-state index is 12.2. The van der Waals surface area contributed by atoms with Crippen LogP contribution in [0, 0.1) is 17.2 Å². The number of likely N-dealkylation sites (tertiary alicyclic amines) is 1.